The third-order valence-corrected chi connectivity index (χ3v) is 5.57. The van der Waals surface area contributed by atoms with E-state index in [1.165, 1.54) is 10.6 Å². The third kappa shape index (κ3) is 3.61. The van der Waals surface area contributed by atoms with Crippen molar-refractivity contribution in [2.75, 3.05) is 16.8 Å². The van der Waals surface area contributed by atoms with Crippen LogP contribution in [0.4, 0.5) is 17.2 Å². The lowest BCUT2D eigenvalue weighted by Crippen LogP contribution is -2.33. The number of aryl methyl sites for hydroxylation is 3. The summed E-state index contributed by atoms with van der Waals surface area (Å²) in [7, 11) is 0. The van der Waals surface area contributed by atoms with E-state index in [1.807, 2.05) is 45.2 Å². The van der Waals surface area contributed by atoms with E-state index in [-0.39, 0.29) is 5.56 Å². The predicted molar refractivity (Wildman–Crippen MR) is 120 cm³/mol. The lowest BCUT2D eigenvalue weighted by Gasteiger charge is -2.30. The Morgan fingerprint density at radius 1 is 1.10 bits per heavy atom. The van der Waals surface area contributed by atoms with Crippen molar-refractivity contribution >= 4 is 22.8 Å². The molecule has 0 atom stereocenters. The van der Waals surface area contributed by atoms with Gasteiger partial charge in [-0.2, -0.15) is 4.52 Å². The molecular weight excluding hydrogens is 390 g/mol. The molecule has 0 spiro atoms. The van der Waals surface area contributed by atoms with Gasteiger partial charge in [0.2, 0.25) is 0 Å². The Kier molecular flexibility index (Phi) is 4.62. The van der Waals surface area contributed by atoms with Gasteiger partial charge in [0.25, 0.3) is 5.56 Å². The van der Waals surface area contributed by atoms with E-state index >= 15 is 0 Å². The normalized spacial score (nSPS) is 13.3. The van der Waals surface area contributed by atoms with Crippen molar-refractivity contribution in [3.8, 4) is 0 Å². The Bertz CT molecular complexity index is 1360. The molecule has 1 aliphatic heterocycles. The summed E-state index contributed by atoms with van der Waals surface area (Å²) >= 11 is 0. The van der Waals surface area contributed by atoms with Crippen LogP contribution in [0.1, 0.15) is 28.2 Å². The van der Waals surface area contributed by atoms with Crippen molar-refractivity contribution < 1.29 is 0 Å². The molecule has 0 saturated carbocycles. The summed E-state index contributed by atoms with van der Waals surface area (Å²) in [6, 6.07) is 9.48. The fourth-order valence-electron chi connectivity index (χ4n) is 4.00. The van der Waals surface area contributed by atoms with Gasteiger partial charge in [0, 0.05) is 43.2 Å². The van der Waals surface area contributed by atoms with Gasteiger partial charge in [-0.1, -0.05) is 0 Å². The molecule has 5 heterocycles. The maximum atomic E-state index is 12.4. The quantitative estimate of drug-likeness (QED) is 0.552. The second-order valence-electron chi connectivity index (χ2n) is 7.92. The zero-order valence-electron chi connectivity index (χ0n) is 17.8. The Hall–Kier alpha value is -3.81. The van der Waals surface area contributed by atoms with Crippen molar-refractivity contribution in [3.05, 3.63) is 81.3 Å². The first-order valence-electron chi connectivity index (χ1n) is 10.3. The first-order chi connectivity index (χ1) is 15.0. The molecule has 4 aromatic rings. The number of hydrogen-bond acceptors (Lipinski definition) is 7. The minimum Gasteiger partial charge on any atom is -0.353 e. The molecule has 8 heteroatoms. The average molecular weight is 413 g/mol. The molecule has 0 aromatic carbocycles. The van der Waals surface area contributed by atoms with Gasteiger partial charge in [-0.05, 0) is 56.2 Å². The van der Waals surface area contributed by atoms with Crippen LogP contribution in [0.2, 0.25) is 0 Å². The SMILES string of the molecule is Cc1cc(=O)n2nc(N3CCc4ncc(Nc5cccnc5C)cc4C3)c(C)cc2n1. The maximum absolute atomic E-state index is 12.4. The minimum absolute atomic E-state index is 0.166. The van der Waals surface area contributed by atoms with Gasteiger partial charge in [-0.25, -0.2) is 4.98 Å². The third-order valence-electron chi connectivity index (χ3n) is 5.57. The standard InChI is InChI=1S/C23H23N7O/c1-14-9-21-26-15(2)10-22(31)30(21)28-23(14)29-8-6-20-17(13-29)11-18(12-25-20)27-19-5-4-7-24-16(19)3/h4-5,7,9-12,27H,6,8,13H2,1-3H3. The molecule has 0 radical (unpaired) electrons. The van der Waals surface area contributed by atoms with Crippen molar-refractivity contribution in [3.63, 3.8) is 0 Å². The van der Waals surface area contributed by atoms with E-state index in [4.69, 9.17) is 0 Å². The van der Waals surface area contributed by atoms with Crippen LogP contribution in [0, 0.1) is 20.8 Å². The summed E-state index contributed by atoms with van der Waals surface area (Å²) in [4.78, 5) is 28.0. The van der Waals surface area contributed by atoms with Crippen LogP contribution in [-0.4, -0.2) is 31.1 Å². The number of anilines is 3. The van der Waals surface area contributed by atoms with Gasteiger partial charge >= 0.3 is 0 Å². The second-order valence-corrected chi connectivity index (χ2v) is 7.92. The highest BCUT2D eigenvalue weighted by Crippen LogP contribution is 2.27. The number of aromatic nitrogens is 5. The molecule has 0 aliphatic carbocycles. The highest BCUT2D eigenvalue weighted by atomic mass is 16.1. The van der Waals surface area contributed by atoms with Crippen LogP contribution in [0.3, 0.4) is 0 Å². The highest BCUT2D eigenvalue weighted by molar-refractivity contribution is 5.62. The van der Waals surface area contributed by atoms with E-state index in [1.54, 1.807) is 6.20 Å². The number of nitrogens with zero attached hydrogens (tertiary/aromatic N) is 6. The van der Waals surface area contributed by atoms with Crippen LogP contribution in [-0.2, 0) is 13.0 Å². The first-order valence-corrected chi connectivity index (χ1v) is 10.3. The number of pyridine rings is 2. The van der Waals surface area contributed by atoms with Crippen LogP contribution in [0.5, 0.6) is 0 Å². The highest BCUT2D eigenvalue weighted by Gasteiger charge is 2.21. The number of nitrogens with one attached hydrogen (secondary N) is 1. The molecule has 0 bridgehead atoms. The summed E-state index contributed by atoms with van der Waals surface area (Å²) in [6.45, 7) is 7.27. The van der Waals surface area contributed by atoms with Crippen LogP contribution in [0.15, 0.2) is 47.5 Å². The summed E-state index contributed by atoms with van der Waals surface area (Å²) in [5.41, 5.74) is 7.17. The second kappa shape index (κ2) is 7.46. The number of fused-ring (bicyclic) bond motifs is 2. The Labute approximate surface area is 179 Å². The zero-order chi connectivity index (χ0) is 21.5. The fraction of sp³-hybridized carbons (Fsp3) is 0.261. The predicted octanol–water partition coefficient (Wildman–Crippen LogP) is 3.11. The number of hydrogen-bond donors (Lipinski definition) is 1. The monoisotopic (exact) mass is 413 g/mol. The van der Waals surface area contributed by atoms with E-state index in [9.17, 15) is 4.79 Å². The molecule has 4 aromatic heterocycles. The first kappa shape index (κ1) is 19.2. The molecular formula is C23H23N7O. The van der Waals surface area contributed by atoms with Crippen LogP contribution in [0.25, 0.3) is 5.65 Å². The van der Waals surface area contributed by atoms with E-state index < -0.39 is 0 Å². The van der Waals surface area contributed by atoms with E-state index in [0.29, 0.717) is 17.9 Å². The van der Waals surface area contributed by atoms with Crippen LogP contribution >= 0.6 is 0 Å². The van der Waals surface area contributed by atoms with Gasteiger partial charge in [-0.3, -0.25) is 14.8 Å². The Balaban J connectivity index is 1.47. The van der Waals surface area contributed by atoms with E-state index in [0.717, 1.165) is 52.7 Å². The van der Waals surface area contributed by atoms with Gasteiger partial charge in [0.05, 0.1) is 23.3 Å². The van der Waals surface area contributed by atoms with Crippen molar-refractivity contribution in [2.24, 2.45) is 0 Å². The molecule has 0 unspecified atom stereocenters. The molecule has 0 fully saturated rings. The Morgan fingerprint density at radius 2 is 1.97 bits per heavy atom. The molecule has 156 valence electrons. The average Bonchev–Trinajstić information content (AvgIpc) is 2.74. The number of rotatable bonds is 3. The van der Waals surface area contributed by atoms with Crippen molar-refractivity contribution in [1.82, 2.24) is 24.6 Å². The summed E-state index contributed by atoms with van der Waals surface area (Å²) in [5.74, 6) is 0.798. The topological polar surface area (TPSA) is 88.3 Å². The van der Waals surface area contributed by atoms with Crippen molar-refractivity contribution in [2.45, 2.75) is 33.7 Å². The van der Waals surface area contributed by atoms with Gasteiger partial charge < -0.3 is 10.2 Å². The van der Waals surface area contributed by atoms with Gasteiger partial charge in [-0.15, -0.1) is 5.10 Å². The molecule has 0 saturated heterocycles. The molecule has 1 N–H and O–H groups in total. The maximum Gasteiger partial charge on any atom is 0.274 e. The molecule has 5 rings (SSSR count). The summed E-state index contributed by atoms with van der Waals surface area (Å²) in [6.07, 6.45) is 4.47. The minimum atomic E-state index is -0.166. The summed E-state index contributed by atoms with van der Waals surface area (Å²) in [5, 5.41) is 8.05. The van der Waals surface area contributed by atoms with E-state index in [2.05, 4.69) is 36.3 Å². The Morgan fingerprint density at radius 3 is 2.81 bits per heavy atom. The van der Waals surface area contributed by atoms with Crippen LogP contribution < -0.4 is 15.8 Å². The largest absolute Gasteiger partial charge is 0.353 e. The molecule has 0 amide bonds. The smallest absolute Gasteiger partial charge is 0.274 e. The summed E-state index contributed by atoms with van der Waals surface area (Å²) < 4.78 is 1.38. The van der Waals surface area contributed by atoms with Crippen molar-refractivity contribution in [1.29, 1.82) is 0 Å². The molecule has 31 heavy (non-hydrogen) atoms. The molecule has 1 aliphatic rings. The lowest BCUT2D eigenvalue weighted by molar-refractivity contribution is 0.685. The molecule has 8 nitrogen and oxygen atoms in total. The van der Waals surface area contributed by atoms with Gasteiger partial charge in [0.1, 0.15) is 0 Å². The lowest BCUT2D eigenvalue weighted by atomic mass is 10.0. The zero-order valence-corrected chi connectivity index (χ0v) is 17.8. The van der Waals surface area contributed by atoms with Gasteiger partial charge in [0.15, 0.2) is 11.5 Å². The fourth-order valence-corrected chi connectivity index (χ4v) is 4.00.